The molecule has 0 atom stereocenters. The highest BCUT2D eigenvalue weighted by atomic mass is 19.1. The summed E-state index contributed by atoms with van der Waals surface area (Å²) in [7, 11) is 0. The van der Waals surface area contributed by atoms with Crippen molar-refractivity contribution in [2.24, 2.45) is 11.7 Å². The van der Waals surface area contributed by atoms with Crippen molar-refractivity contribution in [1.82, 2.24) is 0 Å². The molecule has 76 valence electrons. The van der Waals surface area contributed by atoms with Gasteiger partial charge in [-0.1, -0.05) is 0 Å². The van der Waals surface area contributed by atoms with E-state index in [1.54, 1.807) is 12.1 Å². The van der Waals surface area contributed by atoms with Gasteiger partial charge in [-0.25, -0.2) is 4.39 Å². The standard InChI is InChI=1S/C11H15FN2/c12-9-1-3-11(4-2-9)14-7-8-5-10(13)6-8/h1-4,8,10,14H,5-7,13H2. The predicted molar refractivity (Wildman–Crippen MR) is 55.6 cm³/mol. The average molecular weight is 194 g/mol. The first kappa shape index (κ1) is 9.46. The van der Waals surface area contributed by atoms with E-state index in [0.717, 1.165) is 25.1 Å². The van der Waals surface area contributed by atoms with Crippen LogP contribution in [0.1, 0.15) is 12.8 Å². The zero-order valence-electron chi connectivity index (χ0n) is 8.04. The number of halogens is 1. The smallest absolute Gasteiger partial charge is 0.123 e. The molecule has 1 aliphatic carbocycles. The van der Waals surface area contributed by atoms with Gasteiger partial charge in [0, 0.05) is 18.3 Å². The maximum absolute atomic E-state index is 12.6. The lowest BCUT2D eigenvalue weighted by Crippen LogP contribution is -2.39. The number of benzene rings is 1. The van der Waals surface area contributed by atoms with Crippen molar-refractivity contribution >= 4 is 5.69 Å². The molecule has 1 aromatic carbocycles. The SMILES string of the molecule is NC1CC(CNc2ccc(F)cc2)C1. The molecule has 14 heavy (non-hydrogen) atoms. The molecule has 0 spiro atoms. The van der Waals surface area contributed by atoms with E-state index in [4.69, 9.17) is 5.73 Å². The largest absolute Gasteiger partial charge is 0.385 e. The third-order valence-electron chi connectivity index (χ3n) is 2.71. The van der Waals surface area contributed by atoms with Crippen LogP contribution in [0.2, 0.25) is 0 Å². The van der Waals surface area contributed by atoms with Crippen molar-refractivity contribution < 1.29 is 4.39 Å². The van der Waals surface area contributed by atoms with Gasteiger partial charge < -0.3 is 11.1 Å². The normalized spacial score (nSPS) is 25.6. The molecule has 2 rings (SSSR count). The highest BCUT2D eigenvalue weighted by Gasteiger charge is 2.25. The second-order valence-corrected chi connectivity index (χ2v) is 3.99. The van der Waals surface area contributed by atoms with Gasteiger partial charge in [-0.05, 0) is 43.0 Å². The summed E-state index contributed by atoms with van der Waals surface area (Å²) in [6, 6.07) is 6.85. The van der Waals surface area contributed by atoms with Crippen LogP contribution in [0.4, 0.5) is 10.1 Å². The maximum Gasteiger partial charge on any atom is 0.123 e. The first-order valence-electron chi connectivity index (χ1n) is 4.99. The van der Waals surface area contributed by atoms with E-state index in [-0.39, 0.29) is 5.82 Å². The summed E-state index contributed by atoms with van der Waals surface area (Å²) in [6.07, 6.45) is 2.21. The van der Waals surface area contributed by atoms with Gasteiger partial charge in [0.15, 0.2) is 0 Å². The van der Waals surface area contributed by atoms with Crippen LogP contribution in [-0.4, -0.2) is 12.6 Å². The van der Waals surface area contributed by atoms with Crippen LogP contribution in [0.3, 0.4) is 0 Å². The van der Waals surface area contributed by atoms with Crippen LogP contribution >= 0.6 is 0 Å². The van der Waals surface area contributed by atoms with Gasteiger partial charge in [0.05, 0.1) is 0 Å². The number of hydrogen-bond donors (Lipinski definition) is 2. The van der Waals surface area contributed by atoms with E-state index in [2.05, 4.69) is 5.32 Å². The van der Waals surface area contributed by atoms with Crippen molar-refractivity contribution in [3.8, 4) is 0 Å². The van der Waals surface area contributed by atoms with Gasteiger partial charge in [0.2, 0.25) is 0 Å². The lowest BCUT2D eigenvalue weighted by molar-refractivity contribution is 0.280. The molecule has 0 unspecified atom stereocenters. The predicted octanol–water partition coefficient (Wildman–Crippen LogP) is 1.97. The molecule has 0 bridgehead atoms. The van der Waals surface area contributed by atoms with E-state index >= 15 is 0 Å². The fourth-order valence-electron chi connectivity index (χ4n) is 1.78. The monoisotopic (exact) mass is 194 g/mol. The van der Waals surface area contributed by atoms with Crippen molar-refractivity contribution in [3.05, 3.63) is 30.1 Å². The Morgan fingerprint density at radius 3 is 2.50 bits per heavy atom. The Kier molecular flexibility index (Phi) is 2.68. The van der Waals surface area contributed by atoms with Crippen LogP contribution in [0, 0.1) is 11.7 Å². The summed E-state index contributed by atoms with van der Waals surface area (Å²) in [4.78, 5) is 0. The first-order chi connectivity index (χ1) is 6.74. The van der Waals surface area contributed by atoms with Gasteiger partial charge in [0.25, 0.3) is 0 Å². The van der Waals surface area contributed by atoms with E-state index < -0.39 is 0 Å². The second kappa shape index (κ2) is 3.96. The van der Waals surface area contributed by atoms with Crippen LogP contribution in [-0.2, 0) is 0 Å². The highest BCUT2D eigenvalue weighted by molar-refractivity contribution is 5.42. The van der Waals surface area contributed by atoms with Gasteiger partial charge in [0.1, 0.15) is 5.82 Å². The van der Waals surface area contributed by atoms with Crippen LogP contribution in [0.5, 0.6) is 0 Å². The summed E-state index contributed by atoms with van der Waals surface area (Å²) in [6.45, 7) is 0.944. The molecular formula is C11H15FN2. The topological polar surface area (TPSA) is 38.0 Å². The summed E-state index contributed by atoms with van der Waals surface area (Å²) in [5.74, 6) is 0.497. The minimum absolute atomic E-state index is 0.193. The molecule has 1 fully saturated rings. The maximum atomic E-state index is 12.6. The van der Waals surface area contributed by atoms with Crippen LogP contribution in [0.15, 0.2) is 24.3 Å². The molecule has 0 aromatic heterocycles. The van der Waals surface area contributed by atoms with Crippen molar-refractivity contribution in [2.75, 3.05) is 11.9 Å². The Hall–Kier alpha value is -1.09. The van der Waals surface area contributed by atoms with Gasteiger partial charge in [-0.15, -0.1) is 0 Å². The Labute approximate surface area is 83.3 Å². The average Bonchev–Trinajstić information content (AvgIpc) is 2.13. The number of anilines is 1. The van der Waals surface area contributed by atoms with Crippen molar-refractivity contribution in [3.63, 3.8) is 0 Å². The second-order valence-electron chi connectivity index (χ2n) is 3.99. The minimum atomic E-state index is -0.193. The molecule has 0 aliphatic heterocycles. The fraction of sp³-hybridized carbons (Fsp3) is 0.455. The number of nitrogens with two attached hydrogens (primary N) is 1. The zero-order valence-corrected chi connectivity index (χ0v) is 8.04. The van der Waals surface area contributed by atoms with Crippen LogP contribution in [0.25, 0.3) is 0 Å². The summed E-state index contributed by atoms with van der Waals surface area (Å²) >= 11 is 0. The molecule has 1 saturated carbocycles. The number of hydrogen-bond acceptors (Lipinski definition) is 2. The molecule has 1 aromatic rings. The zero-order chi connectivity index (χ0) is 9.97. The molecule has 3 heteroatoms. The van der Waals surface area contributed by atoms with Crippen molar-refractivity contribution in [2.45, 2.75) is 18.9 Å². The van der Waals surface area contributed by atoms with Gasteiger partial charge >= 0.3 is 0 Å². The molecule has 2 nitrogen and oxygen atoms in total. The lowest BCUT2D eigenvalue weighted by atomic mass is 9.81. The fourth-order valence-corrected chi connectivity index (χ4v) is 1.78. The Balaban J connectivity index is 1.78. The molecule has 0 amide bonds. The first-order valence-corrected chi connectivity index (χ1v) is 4.99. The van der Waals surface area contributed by atoms with Gasteiger partial charge in [-0.3, -0.25) is 0 Å². The van der Waals surface area contributed by atoms with Crippen LogP contribution < -0.4 is 11.1 Å². The highest BCUT2D eigenvalue weighted by Crippen LogP contribution is 2.25. The molecule has 0 radical (unpaired) electrons. The van der Waals surface area contributed by atoms with Gasteiger partial charge in [-0.2, -0.15) is 0 Å². The molecule has 0 heterocycles. The summed E-state index contributed by atoms with van der Waals surface area (Å²) < 4.78 is 12.6. The molecular weight excluding hydrogens is 179 g/mol. The van der Waals surface area contributed by atoms with E-state index in [0.29, 0.717) is 12.0 Å². The summed E-state index contributed by atoms with van der Waals surface area (Å²) in [5, 5.41) is 3.27. The Bertz CT molecular complexity index is 291. The Morgan fingerprint density at radius 2 is 1.93 bits per heavy atom. The molecule has 0 saturated heterocycles. The summed E-state index contributed by atoms with van der Waals surface area (Å²) in [5.41, 5.74) is 6.66. The van der Waals surface area contributed by atoms with Crippen molar-refractivity contribution in [1.29, 1.82) is 0 Å². The third-order valence-corrected chi connectivity index (χ3v) is 2.71. The quantitative estimate of drug-likeness (QED) is 0.772. The lowest BCUT2D eigenvalue weighted by Gasteiger charge is -2.32. The minimum Gasteiger partial charge on any atom is -0.385 e. The third kappa shape index (κ3) is 2.23. The molecule has 3 N–H and O–H groups in total. The molecule has 1 aliphatic rings. The number of rotatable bonds is 3. The van der Waals surface area contributed by atoms with E-state index in [9.17, 15) is 4.39 Å². The Morgan fingerprint density at radius 1 is 1.29 bits per heavy atom. The van der Waals surface area contributed by atoms with E-state index in [1.807, 2.05) is 0 Å². The van der Waals surface area contributed by atoms with E-state index in [1.165, 1.54) is 12.1 Å². The number of nitrogens with one attached hydrogen (secondary N) is 1.